The first-order valence-corrected chi connectivity index (χ1v) is 9.60. The maximum absolute atomic E-state index is 12.2. The van der Waals surface area contributed by atoms with E-state index in [1.807, 2.05) is 0 Å². The minimum atomic E-state index is -2.18. The van der Waals surface area contributed by atoms with Crippen molar-refractivity contribution in [3.05, 3.63) is 57.6 Å². The molecule has 0 bridgehead atoms. The Morgan fingerprint density at radius 2 is 1.96 bits per heavy atom. The van der Waals surface area contributed by atoms with Gasteiger partial charge in [0.1, 0.15) is 5.75 Å². The highest BCUT2D eigenvalue weighted by atomic mass is 35.5. The van der Waals surface area contributed by atoms with E-state index >= 15 is 0 Å². The molecule has 1 unspecified atom stereocenters. The highest BCUT2D eigenvalue weighted by Gasteiger charge is 2.14. The van der Waals surface area contributed by atoms with Crippen LogP contribution in [0.25, 0.3) is 0 Å². The van der Waals surface area contributed by atoms with Crippen molar-refractivity contribution in [1.82, 2.24) is 0 Å². The average molecular weight is 372 g/mol. The Kier molecular flexibility index (Phi) is 5.24. The molecule has 2 aromatic carbocycles. The number of anilines is 1. The summed E-state index contributed by atoms with van der Waals surface area (Å²) in [5, 5.41) is 13.0. The van der Waals surface area contributed by atoms with Crippen LogP contribution in [0.2, 0.25) is 10.0 Å². The predicted molar refractivity (Wildman–Crippen MR) is 97.4 cm³/mol. The van der Waals surface area contributed by atoms with E-state index in [0.29, 0.717) is 21.5 Å². The Labute approximate surface area is 145 Å². The van der Waals surface area contributed by atoms with Crippen molar-refractivity contribution in [2.24, 2.45) is 0 Å². The number of amides is 1. The molecule has 2 aromatic rings. The fourth-order valence-corrected chi connectivity index (χ4v) is 3.29. The largest absolute Gasteiger partial charge is 0.507 e. The highest BCUT2D eigenvalue weighted by molar-refractivity contribution is 7.98. The van der Waals surface area contributed by atoms with Gasteiger partial charge in [0, 0.05) is 17.0 Å². The van der Waals surface area contributed by atoms with Crippen LogP contribution in [0.5, 0.6) is 5.75 Å². The molecule has 1 atom stereocenters. The number of benzene rings is 2. The number of hydrogen-bond acceptors (Lipinski definition) is 3. The minimum absolute atomic E-state index is 0.0481. The zero-order valence-electron chi connectivity index (χ0n) is 12.3. The van der Waals surface area contributed by atoms with Crippen LogP contribution >= 0.6 is 23.2 Å². The molecule has 23 heavy (non-hydrogen) atoms. The van der Waals surface area contributed by atoms with Crippen LogP contribution in [-0.4, -0.2) is 27.3 Å². The highest BCUT2D eigenvalue weighted by Crippen LogP contribution is 2.27. The summed E-state index contributed by atoms with van der Waals surface area (Å²) in [7, 11) is -2.18. The number of aromatic hydroxyl groups is 1. The molecular formula is C16H15Cl2NO3S. The maximum atomic E-state index is 12.2. The monoisotopic (exact) mass is 371 g/mol. The Bertz CT molecular complexity index is 864. The smallest absolute Gasteiger partial charge is 0.259 e. The van der Waals surface area contributed by atoms with E-state index in [9.17, 15) is 14.1 Å². The fourth-order valence-electron chi connectivity index (χ4n) is 1.98. The summed E-state index contributed by atoms with van der Waals surface area (Å²) in [5.41, 5.74) is 1.19. The Morgan fingerprint density at radius 1 is 1.26 bits per heavy atom. The van der Waals surface area contributed by atoms with Crippen LogP contribution in [0.15, 0.2) is 36.4 Å². The van der Waals surface area contributed by atoms with Crippen molar-refractivity contribution in [3.63, 3.8) is 0 Å². The van der Waals surface area contributed by atoms with Gasteiger partial charge in [-0.3, -0.25) is 9.00 Å². The zero-order valence-corrected chi connectivity index (χ0v) is 14.6. The predicted octanol–water partition coefficient (Wildman–Crippen LogP) is 3.80. The third-order valence-corrected chi connectivity index (χ3v) is 4.45. The number of rotatable bonds is 4. The van der Waals surface area contributed by atoms with Crippen molar-refractivity contribution < 1.29 is 14.1 Å². The van der Waals surface area contributed by atoms with Crippen LogP contribution in [-0.2, 0) is 15.3 Å². The van der Waals surface area contributed by atoms with Crippen LogP contribution in [0.4, 0.5) is 5.69 Å². The number of halogens is 2. The molecule has 0 heterocycles. The van der Waals surface area contributed by atoms with Crippen LogP contribution in [0.3, 0.4) is 0 Å². The second kappa shape index (κ2) is 6.83. The second-order valence-electron chi connectivity index (χ2n) is 5.26. The number of nitrogens with one attached hydrogen (secondary N) is 1. The van der Waals surface area contributed by atoms with Gasteiger partial charge < -0.3 is 10.4 Å². The summed E-state index contributed by atoms with van der Waals surface area (Å²) >= 11 is 12.0. The van der Waals surface area contributed by atoms with Crippen LogP contribution in [0.1, 0.15) is 15.9 Å². The second-order valence-corrected chi connectivity index (χ2v) is 8.76. The Hall–Kier alpha value is -1.69. The molecule has 0 saturated heterocycles. The molecular weight excluding hydrogens is 357 g/mol. The molecule has 0 radical (unpaired) electrons. The lowest BCUT2D eigenvalue weighted by Gasteiger charge is -2.11. The third kappa shape index (κ3) is 4.89. The van der Waals surface area contributed by atoms with E-state index in [2.05, 4.69) is 11.2 Å². The van der Waals surface area contributed by atoms with Crippen molar-refractivity contribution in [1.29, 1.82) is 0 Å². The number of hydrogen-bond donors (Lipinski definition) is 2. The quantitative estimate of drug-likeness (QED) is 0.803. The number of carbonyl (C=O) groups excluding carboxylic acids is 1. The lowest BCUT2D eigenvalue weighted by Crippen LogP contribution is -2.12. The molecule has 1 amide bonds. The summed E-state index contributed by atoms with van der Waals surface area (Å²) in [4.78, 5) is 12.2. The number of phenolic OH excluding ortho intramolecular Hbond substituents is 1. The molecule has 2 N–H and O–H groups in total. The van der Waals surface area contributed by atoms with Gasteiger partial charge in [0.05, 0.1) is 16.3 Å². The van der Waals surface area contributed by atoms with E-state index in [4.69, 9.17) is 23.2 Å². The summed E-state index contributed by atoms with van der Waals surface area (Å²) in [5.74, 6) is 3.19. The molecule has 0 saturated carbocycles. The topological polar surface area (TPSA) is 66.4 Å². The number of carbonyl (C=O) groups is 1. The zero-order chi connectivity index (χ0) is 17.2. The summed E-state index contributed by atoms with van der Waals surface area (Å²) < 4.78 is 11.7. The van der Waals surface area contributed by atoms with Gasteiger partial charge in [-0.25, -0.2) is 0 Å². The van der Waals surface area contributed by atoms with Gasteiger partial charge in [-0.1, -0.05) is 29.3 Å². The van der Waals surface area contributed by atoms with Gasteiger partial charge in [0.25, 0.3) is 5.91 Å². The first kappa shape index (κ1) is 17.7. The molecule has 122 valence electrons. The maximum Gasteiger partial charge on any atom is 0.259 e. The molecule has 7 heteroatoms. The van der Waals surface area contributed by atoms with Gasteiger partial charge in [-0.05, 0) is 51.3 Å². The third-order valence-electron chi connectivity index (χ3n) is 2.96. The first-order chi connectivity index (χ1) is 10.7. The molecule has 0 aliphatic heterocycles. The Morgan fingerprint density at radius 3 is 2.57 bits per heavy atom. The molecule has 2 rings (SSSR count). The minimum Gasteiger partial charge on any atom is -0.507 e. The van der Waals surface area contributed by atoms with Crippen molar-refractivity contribution >= 4 is 50.2 Å². The lowest BCUT2D eigenvalue weighted by molar-refractivity contribution is 0.102. The van der Waals surface area contributed by atoms with Gasteiger partial charge in [0.2, 0.25) is 0 Å². The van der Waals surface area contributed by atoms with E-state index in [1.165, 1.54) is 18.2 Å². The first-order valence-electron chi connectivity index (χ1n) is 6.54. The van der Waals surface area contributed by atoms with E-state index in [0.717, 1.165) is 5.56 Å². The average Bonchev–Trinajstić information content (AvgIpc) is 2.42. The Balaban J connectivity index is 2.23. The molecule has 0 spiro atoms. The van der Waals surface area contributed by atoms with E-state index < -0.39 is 15.4 Å². The SMILES string of the molecule is C=S(C)(=O)Cc1ccc(NC(=O)c2cc(Cl)ccc2O)c(Cl)c1. The standard InChI is InChI=1S/C16H15Cl2NO3S/c1-23(2,22)9-10-3-5-14(13(18)7-10)19-16(21)12-8-11(17)4-6-15(12)20/h3-8,20H,1,9H2,2H3,(H,19,21). The normalized spacial score (nSPS) is 13.3. The van der Waals surface area contributed by atoms with Gasteiger partial charge >= 0.3 is 0 Å². The summed E-state index contributed by atoms with van der Waals surface area (Å²) in [6.07, 6.45) is 1.57. The summed E-state index contributed by atoms with van der Waals surface area (Å²) in [6, 6.07) is 9.15. The molecule has 4 nitrogen and oxygen atoms in total. The van der Waals surface area contributed by atoms with Crippen molar-refractivity contribution in [2.45, 2.75) is 5.75 Å². The molecule has 0 aliphatic rings. The van der Waals surface area contributed by atoms with Crippen molar-refractivity contribution in [3.8, 4) is 5.75 Å². The summed E-state index contributed by atoms with van der Waals surface area (Å²) in [6.45, 7) is 0. The molecule has 0 aliphatic carbocycles. The van der Waals surface area contributed by atoms with E-state index in [1.54, 1.807) is 24.5 Å². The number of phenols is 1. The van der Waals surface area contributed by atoms with Gasteiger partial charge in [0.15, 0.2) is 0 Å². The van der Waals surface area contributed by atoms with Crippen LogP contribution in [0, 0.1) is 0 Å². The van der Waals surface area contributed by atoms with E-state index in [-0.39, 0.29) is 11.3 Å². The van der Waals surface area contributed by atoms with Gasteiger partial charge in [-0.2, -0.15) is 0 Å². The van der Waals surface area contributed by atoms with Gasteiger partial charge in [-0.15, -0.1) is 0 Å². The van der Waals surface area contributed by atoms with Crippen LogP contribution < -0.4 is 5.32 Å². The lowest BCUT2D eigenvalue weighted by atomic mass is 10.1. The molecule has 0 fully saturated rings. The van der Waals surface area contributed by atoms with Crippen molar-refractivity contribution in [2.75, 3.05) is 11.6 Å². The molecule has 0 aromatic heterocycles. The fraction of sp³-hybridized carbons (Fsp3) is 0.125.